The molecule has 0 aromatic rings. The van der Waals surface area contributed by atoms with Crippen LogP contribution in [0.4, 0.5) is 4.79 Å². The minimum absolute atomic E-state index is 0.0447. The molecule has 2 unspecified atom stereocenters. The van der Waals surface area contributed by atoms with Crippen molar-refractivity contribution in [3.05, 3.63) is 0 Å². The van der Waals surface area contributed by atoms with Gasteiger partial charge in [0, 0.05) is 19.7 Å². The molecule has 0 aromatic heterocycles. The van der Waals surface area contributed by atoms with Crippen LogP contribution in [-0.4, -0.2) is 42.4 Å². The number of aliphatic carboxylic acids is 1. The number of carbonyl (C=O) groups is 2. The van der Waals surface area contributed by atoms with Gasteiger partial charge in [0.15, 0.2) is 0 Å². The second-order valence-electron chi connectivity index (χ2n) is 5.34. The number of carboxylic acid groups (broad SMARTS) is 1. The molecule has 0 radical (unpaired) electrons. The van der Waals surface area contributed by atoms with Gasteiger partial charge < -0.3 is 20.5 Å². The third-order valence-electron chi connectivity index (χ3n) is 3.34. The first-order chi connectivity index (χ1) is 8.34. The molecule has 0 aliphatic heterocycles. The lowest BCUT2D eigenvalue weighted by Crippen LogP contribution is -2.46. The highest BCUT2D eigenvalue weighted by Gasteiger charge is 2.30. The van der Waals surface area contributed by atoms with Crippen LogP contribution < -0.4 is 10.6 Å². The summed E-state index contributed by atoms with van der Waals surface area (Å²) in [5.74, 6) is -1.11. The Bertz CT molecular complexity index is 317. The molecular weight excluding hydrogens is 236 g/mol. The smallest absolute Gasteiger partial charge is 0.315 e. The maximum absolute atomic E-state index is 11.6. The van der Waals surface area contributed by atoms with Crippen LogP contribution >= 0.6 is 0 Å². The second-order valence-corrected chi connectivity index (χ2v) is 5.34. The lowest BCUT2D eigenvalue weighted by Gasteiger charge is -2.23. The fraction of sp³-hybridized carbons (Fsp3) is 0.833. The lowest BCUT2D eigenvalue weighted by molar-refractivity contribution is -0.141. The van der Waals surface area contributed by atoms with Gasteiger partial charge in [0.2, 0.25) is 0 Å². The summed E-state index contributed by atoms with van der Waals surface area (Å²) in [7, 11) is 1.59. The number of hydrogen-bond acceptors (Lipinski definition) is 3. The van der Waals surface area contributed by atoms with Crippen molar-refractivity contribution in [2.24, 2.45) is 5.92 Å². The van der Waals surface area contributed by atoms with E-state index in [0.29, 0.717) is 19.4 Å². The fourth-order valence-corrected chi connectivity index (χ4v) is 1.94. The molecule has 1 rings (SSSR count). The van der Waals surface area contributed by atoms with Gasteiger partial charge in [-0.3, -0.25) is 4.79 Å². The Labute approximate surface area is 107 Å². The van der Waals surface area contributed by atoms with Gasteiger partial charge in [-0.25, -0.2) is 4.79 Å². The molecule has 2 atom stereocenters. The van der Waals surface area contributed by atoms with E-state index in [1.165, 1.54) is 0 Å². The van der Waals surface area contributed by atoms with Gasteiger partial charge in [-0.15, -0.1) is 0 Å². The normalized spacial score (nSPS) is 23.7. The molecule has 0 aromatic carbocycles. The monoisotopic (exact) mass is 258 g/mol. The summed E-state index contributed by atoms with van der Waals surface area (Å²) in [5.41, 5.74) is -0.406. The van der Waals surface area contributed by atoms with Crippen molar-refractivity contribution in [2.45, 2.75) is 44.8 Å². The Morgan fingerprint density at radius 1 is 1.39 bits per heavy atom. The summed E-state index contributed by atoms with van der Waals surface area (Å²) in [5, 5.41) is 14.4. The minimum Gasteiger partial charge on any atom is -0.481 e. The number of hydrogen-bond donors (Lipinski definition) is 3. The molecule has 1 fully saturated rings. The van der Waals surface area contributed by atoms with E-state index in [0.717, 1.165) is 6.42 Å². The average Bonchev–Trinajstić information content (AvgIpc) is 2.75. The van der Waals surface area contributed by atoms with Crippen LogP contribution in [0.3, 0.4) is 0 Å². The number of rotatable bonds is 5. The van der Waals surface area contributed by atoms with Gasteiger partial charge in [0.05, 0.1) is 11.5 Å². The third kappa shape index (κ3) is 4.52. The van der Waals surface area contributed by atoms with Crippen molar-refractivity contribution in [3.8, 4) is 0 Å². The zero-order valence-electron chi connectivity index (χ0n) is 11.2. The summed E-state index contributed by atoms with van der Waals surface area (Å²) in [6.07, 6.45) is 1.86. The molecule has 0 spiro atoms. The maximum atomic E-state index is 11.6. The molecule has 1 aliphatic rings. The van der Waals surface area contributed by atoms with E-state index in [4.69, 9.17) is 9.84 Å². The van der Waals surface area contributed by atoms with Gasteiger partial charge in [-0.1, -0.05) is 0 Å². The topological polar surface area (TPSA) is 87.7 Å². The number of nitrogens with one attached hydrogen (secondary N) is 2. The van der Waals surface area contributed by atoms with E-state index in [1.54, 1.807) is 7.11 Å². The van der Waals surface area contributed by atoms with Crippen molar-refractivity contribution >= 4 is 12.0 Å². The van der Waals surface area contributed by atoms with Crippen LogP contribution in [0.25, 0.3) is 0 Å². The van der Waals surface area contributed by atoms with Gasteiger partial charge >= 0.3 is 12.0 Å². The van der Waals surface area contributed by atoms with Crippen molar-refractivity contribution in [1.29, 1.82) is 0 Å². The molecule has 0 bridgehead atoms. The second kappa shape index (κ2) is 6.04. The Morgan fingerprint density at radius 3 is 2.56 bits per heavy atom. The molecule has 3 N–H and O–H groups in total. The predicted molar refractivity (Wildman–Crippen MR) is 66.4 cm³/mol. The lowest BCUT2D eigenvalue weighted by atomic mass is 10.1. The molecule has 18 heavy (non-hydrogen) atoms. The summed E-state index contributed by atoms with van der Waals surface area (Å²) in [6, 6.07) is -0.312. The molecule has 6 heteroatoms. The van der Waals surface area contributed by atoms with Crippen LogP contribution in [0.2, 0.25) is 0 Å². The molecule has 104 valence electrons. The number of ether oxygens (including phenoxy) is 1. The largest absolute Gasteiger partial charge is 0.481 e. The SMILES string of the molecule is COC(C)(C)CNC(=O)NC1CCC(C(=O)O)C1. The summed E-state index contributed by atoms with van der Waals surface area (Å²) in [6.45, 7) is 4.16. The Hall–Kier alpha value is -1.30. The zero-order valence-corrected chi connectivity index (χ0v) is 11.2. The van der Waals surface area contributed by atoms with Crippen molar-refractivity contribution < 1.29 is 19.4 Å². The van der Waals surface area contributed by atoms with Gasteiger partial charge in [-0.05, 0) is 33.1 Å². The number of amides is 2. The first-order valence-corrected chi connectivity index (χ1v) is 6.16. The van der Waals surface area contributed by atoms with E-state index in [1.807, 2.05) is 13.8 Å². The standard InChI is InChI=1S/C12H22N2O4/c1-12(2,18-3)7-13-11(17)14-9-5-4-8(6-9)10(15)16/h8-9H,4-7H2,1-3H3,(H,15,16)(H2,13,14,17). The molecule has 1 aliphatic carbocycles. The van der Waals surface area contributed by atoms with Gasteiger partial charge in [0.1, 0.15) is 0 Å². The molecule has 0 heterocycles. The summed E-state index contributed by atoms with van der Waals surface area (Å²) in [4.78, 5) is 22.4. The van der Waals surface area contributed by atoms with Crippen molar-refractivity contribution in [1.82, 2.24) is 10.6 Å². The van der Waals surface area contributed by atoms with E-state index >= 15 is 0 Å². The number of urea groups is 1. The first-order valence-electron chi connectivity index (χ1n) is 6.16. The van der Waals surface area contributed by atoms with Crippen molar-refractivity contribution in [3.63, 3.8) is 0 Å². The van der Waals surface area contributed by atoms with E-state index in [9.17, 15) is 9.59 Å². The third-order valence-corrected chi connectivity index (χ3v) is 3.34. The Kier molecular flexibility index (Phi) is 4.95. The highest BCUT2D eigenvalue weighted by atomic mass is 16.5. The zero-order chi connectivity index (χ0) is 13.8. The fourth-order valence-electron chi connectivity index (χ4n) is 1.94. The van der Waals surface area contributed by atoms with Gasteiger partial charge in [0.25, 0.3) is 0 Å². The number of carboxylic acids is 1. The summed E-state index contributed by atoms with van der Waals surface area (Å²) >= 11 is 0. The van der Waals surface area contributed by atoms with Crippen LogP contribution in [0.1, 0.15) is 33.1 Å². The van der Waals surface area contributed by atoms with Crippen LogP contribution in [0.15, 0.2) is 0 Å². The van der Waals surface area contributed by atoms with E-state index in [-0.39, 0.29) is 18.0 Å². The molecule has 2 amide bonds. The highest BCUT2D eigenvalue weighted by molar-refractivity contribution is 5.75. The highest BCUT2D eigenvalue weighted by Crippen LogP contribution is 2.25. The Balaban J connectivity index is 2.28. The Morgan fingerprint density at radius 2 is 2.06 bits per heavy atom. The van der Waals surface area contributed by atoms with Gasteiger partial charge in [-0.2, -0.15) is 0 Å². The quantitative estimate of drug-likeness (QED) is 0.685. The summed E-state index contributed by atoms with van der Waals surface area (Å²) < 4.78 is 5.19. The molecule has 1 saturated carbocycles. The van der Waals surface area contributed by atoms with E-state index < -0.39 is 11.6 Å². The van der Waals surface area contributed by atoms with Crippen LogP contribution in [0.5, 0.6) is 0 Å². The molecule has 0 saturated heterocycles. The molecule has 6 nitrogen and oxygen atoms in total. The average molecular weight is 258 g/mol. The predicted octanol–water partition coefficient (Wildman–Crippen LogP) is 0.964. The number of methoxy groups -OCH3 is 1. The molecular formula is C12H22N2O4. The van der Waals surface area contributed by atoms with Crippen LogP contribution in [-0.2, 0) is 9.53 Å². The maximum Gasteiger partial charge on any atom is 0.315 e. The van der Waals surface area contributed by atoms with Crippen molar-refractivity contribution in [2.75, 3.05) is 13.7 Å². The number of carbonyl (C=O) groups excluding carboxylic acids is 1. The first kappa shape index (κ1) is 14.8. The minimum atomic E-state index is -0.778. The van der Waals surface area contributed by atoms with E-state index in [2.05, 4.69) is 10.6 Å². The van der Waals surface area contributed by atoms with Crippen LogP contribution in [0, 0.1) is 5.92 Å².